The van der Waals surface area contributed by atoms with Gasteiger partial charge < -0.3 is 5.73 Å². The van der Waals surface area contributed by atoms with E-state index in [4.69, 9.17) is 28.9 Å². The third kappa shape index (κ3) is 2.25. The van der Waals surface area contributed by atoms with Crippen LogP contribution in [0.25, 0.3) is 11.1 Å². The third-order valence-corrected chi connectivity index (χ3v) is 2.70. The van der Waals surface area contributed by atoms with Crippen LogP contribution in [0, 0.1) is 0 Å². The molecule has 0 aliphatic heterocycles. The molecule has 2 rings (SSSR count). The molecule has 0 heterocycles. The molecule has 0 aliphatic carbocycles. The topological polar surface area (TPSA) is 26.0 Å². The van der Waals surface area contributed by atoms with Crippen LogP contribution in [0.1, 0.15) is 0 Å². The first kappa shape index (κ1) is 10.3. The molecule has 76 valence electrons. The van der Waals surface area contributed by atoms with E-state index < -0.39 is 0 Å². The van der Waals surface area contributed by atoms with Crippen LogP contribution in [-0.2, 0) is 0 Å². The van der Waals surface area contributed by atoms with E-state index in [0.29, 0.717) is 10.0 Å². The Kier molecular flexibility index (Phi) is 2.85. The van der Waals surface area contributed by atoms with E-state index in [0.717, 1.165) is 16.8 Å². The highest BCUT2D eigenvalue weighted by atomic mass is 35.5. The summed E-state index contributed by atoms with van der Waals surface area (Å²) in [6.45, 7) is 0. The van der Waals surface area contributed by atoms with Gasteiger partial charge in [-0.3, -0.25) is 0 Å². The maximum Gasteiger partial charge on any atom is 0.0499 e. The van der Waals surface area contributed by atoms with Crippen LogP contribution in [0.4, 0.5) is 5.69 Å². The van der Waals surface area contributed by atoms with Crippen LogP contribution in [-0.4, -0.2) is 0 Å². The second-order valence-electron chi connectivity index (χ2n) is 3.25. The zero-order chi connectivity index (χ0) is 10.8. The van der Waals surface area contributed by atoms with Crippen LogP contribution in [0.15, 0.2) is 42.5 Å². The Morgan fingerprint density at radius 2 is 1.53 bits per heavy atom. The van der Waals surface area contributed by atoms with E-state index in [1.807, 2.05) is 36.4 Å². The van der Waals surface area contributed by atoms with Gasteiger partial charge in [-0.2, -0.15) is 0 Å². The number of nitrogen functional groups attached to an aromatic ring is 1. The highest BCUT2D eigenvalue weighted by Gasteiger charge is 2.03. The van der Waals surface area contributed by atoms with Crippen molar-refractivity contribution in [2.45, 2.75) is 0 Å². The lowest BCUT2D eigenvalue weighted by molar-refractivity contribution is 1.61. The third-order valence-electron chi connectivity index (χ3n) is 2.15. The van der Waals surface area contributed by atoms with E-state index in [2.05, 4.69) is 0 Å². The van der Waals surface area contributed by atoms with Crippen molar-refractivity contribution in [3.8, 4) is 11.1 Å². The van der Waals surface area contributed by atoms with Crippen molar-refractivity contribution in [2.24, 2.45) is 0 Å². The molecule has 15 heavy (non-hydrogen) atoms. The number of nitrogens with two attached hydrogens (primary N) is 1. The SMILES string of the molecule is Nc1ccc(-c2ccc(Cl)cc2Cl)cc1. The van der Waals surface area contributed by atoms with E-state index in [-0.39, 0.29) is 0 Å². The first-order chi connectivity index (χ1) is 7.16. The standard InChI is InChI=1S/C12H9Cl2N/c13-9-3-6-11(12(14)7-9)8-1-4-10(15)5-2-8/h1-7H,15H2. The predicted octanol–water partition coefficient (Wildman–Crippen LogP) is 4.24. The number of hydrogen-bond acceptors (Lipinski definition) is 1. The van der Waals surface area contributed by atoms with Crippen LogP contribution in [0.5, 0.6) is 0 Å². The molecule has 0 amide bonds. The quantitative estimate of drug-likeness (QED) is 0.738. The largest absolute Gasteiger partial charge is 0.399 e. The van der Waals surface area contributed by atoms with Gasteiger partial charge in [-0.25, -0.2) is 0 Å². The van der Waals surface area contributed by atoms with Gasteiger partial charge in [-0.15, -0.1) is 0 Å². The van der Waals surface area contributed by atoms with Gasteiger partial charge in [0, 0.05) is 21.3 Å². The molecular weight excluding hydrogens is 229 g/mol. The molecule has 3 heteroatoms. The summed E-state index contributed by atoms with van der Waals surface area (Å²) in [6, 6.07) is 13.0. The minimum absolute atomic E-state index is 0.638. The smallest absolute Gasteiger partial charge is 0.0499 e. The number of hydrogen-bond donors (Lipinski definition) is 1. The Morgan fingerprint density at radius 1 is 0.867 bits per heavy atom. The van der Waals surface area contributed by atoms with E-state index in [1.54, 1.807) is 6.07 Å². The molecule has 0 aromatic heterocycles. The van der Waals surface area contributed by atoms with Crippen molar-refractivity contribution in [1.82, 2.24) is 0 Å². The summed E-state index contributed by atoms with van der Waals surface area (Å²) in [4.78, 5) is 0. The summed E-state index contributed by atoms with van der Waals surface area (Å²) in [6.07, 6.45) is 0. The summed E-state index contributed by atoms with van der Waals surface area (Å²) >= 11 is 11.9. The van der Waals surface area contributed by atoms with Crippen molar-refractivity contribution >= 4 is 28.9 Å². The van der Waals surface area contributed by atoms with Gasteiger partial charge >= 0.3 is 0 Å². The highest BCUT2D eigenvalue weighted by molar-refractivity contribution is 6.36. The van der Waals surface area contributed by atoms with Crippen molar-refractivity contribution in [3.05, 3.63) is 52.5 Å². The lowest BCUT2D eigenvalue weighted by Gasteiger charge is -2.05. The van der Waals surface area contributed by atoms with E-state index >= 15 is 0 Å². The lowest BCUT2D eigenvalue weighted by Crippen LogP contribution is -1.84. The molecule has 0 radical (unpaired) electrons. The van der Waals surface area contributed by atoms with Crippen LogP contribution >= 0.6 is 23.2 Å². The average Bonchev–Trinajstić information content (AvgIpc) is 2.20. The molecule has 2 aromatic rings. The maximum atomic E-state index is 6.09. The lowest BCUT2D eigenvalue weighted by atomic mass is 10.1. The highest BCUT2D eigenvalue weighted by Crippen LogP contribution is 2.30. The Hall–Kier alpha value is -1.18. The van der Waals surface area contributed by atoms with Crippen molar-refractivity contribution in [1.29, 1.82) is 0 Å². The van der Waals surface area contributed by atoms with Crippen molar-refractivity contribution in [2.75, 3.05) is 5.73 Å². The molecule has 0 saturated carbocycles. The van der Waals surface area contributed by atoms with Crippen molar-refractivity contribution in [3.63, 3.8) is 0 Å². The minimum atomic E-state index is 0.638. The Labute approximate surface area is 98.4 Å². The Morgan fingerprint density at radius 3 is 2.13 bits per heavy atom. The zero-order valence-electron chi connectivity index (χ0n) is 7.87. The maximum absolute atomic E-state index is 6.09. The van der Waals surface area contributed by atoms with Crippen LogP contribution in [0.3, 0.4) is 0 Å². The summed E-state index contributed by atoms with van der Waals surface area (Å²) in [7, 11) is 0. The average molecular weight is 238 g/mol. The summed E-state index contributed by atoms with van der Waals surface area (Å²) in [5, 5.41) is 1.28. The van der Waals surface area contributed by atoms with Gasteiger partial charge in [0.25, 0.3) is 0 Å². The minimum Gasteiger partial charge on any atom is -0.399 e. The van der Waals surface area contributed by atoms with Crippen molar-refractivity contribution < 1.29 is 0 Å². The van der Waals surface area contributed by atoms with Gasteiger partial charge in [0.1, 0.15) is 0 Å². The first-order valence-electron chi connectivity index (χ1n) is 4.48. The second kappa shape index (κ2) is 4.13. The Balaban J connectivity index is 2.49. The molecule has 2 aromatic carbocycles. The first-order valence-corrected chi connectivity index (χ1v) is 5.23. The van der Waals surface area contributed by atoms with Gasteiger partial charge in [-0.05, 0) is 29.8 Å². The number of halogens is 2. The van der Waals surface area contributed by atoms with Crippen LogP contribution < -0.4 is 5.73 Å². The van der Waals surface area contributed by atoms with Gasteiger partial charge in [0.15, 0.2) is 0 Å². The number of benzene rings is 2. The number of rotatable bonds is 1. The molecule has 0 aliphatic rings. The van der Waals surface area contributed by atoms with Crippen LogP contribution in [0.2, 0.25) is 10.0 Å². The van der Waals surface area contributed by atoms with Gasteiger partial charge in [-0.1, -0.05) is 41.4 Å². The summed E-state index contributed by atoms with van der Waals surface area (Å²) in [5.74, 6) is 0. The fourth-order valence-corrected chi connectivity index (χ4v) is 1.90. The normalized spacial score (nSPS) is 10.3. The summed E-state index contributed by atoms with van der Waals surface area (Å²) < 4.78 is 0. The molecule has 0 spiro atoms. The zero-order valence-corrected chi connectivity index (χ0v) is 9.39. The molecule has 0 bridgehead atoms. The molecule has 0 saturated heterocycles. The molecule has 2 N–H and O–H groups in total. The van der Waals surface area contributed by atoms with E-state index in [9.17, 15) is 0 Å². The monoisotopic (exact) mass is 237 g/mol. The molecule has 0 atom stereocenters. The Bertz CT molecular complexity index is 477. The fraction of sp³-hybridized carbons (Fsp3) is 0. The fourth-order valence-electron chi connectivity index (χ4n) is 1.39. The molecular formula is C12H9Cl2N. The molecule has 0 unspecified atom stereocenters. The summed E-state index contributed by atoms with van der Waals surface area (Å²) in [5.41, 5.74) is 8.35. The number of anilines is 1. The predicted molar refractivity (Wildman–Crippen MR) is 66.3 cm³/mol. The van der Waals surface area contributed by atoms with E-state index in [1.165, 1.54) is 0 Å². The molecule has 1 nitrogen and oxygen atoms in total. The molecule has 0 fully saturated rings. The van der Waals surface area contributed by atoms with Gasteiger partial charge in [0.2, 0.25) is 0 Å². The van der Waals surface area contributed by atoms with Gasteiger partial charge in [0.05, 0.1) is 0 Å². The second-order valence-corrected chi connectivity index (χ2v) is 4.09.